The molecule has 6 heteroatoms. The number of nitrogens with zero attached hydrogens (tertiary/aromatic N) is 2. The van der Waals surface area contributed by atoms with Gasteiger partial charge in [0.2, 0.25) is 0 Å². The number of aromatic nitrogens is 2. The van der Waals surface area contributed by atoms with E-state index in [4.69, 9.17) is 16.9 Å². The van der Waals surface area contributed by atoms with Gasteiger partial charge in [-0.15, -0.1) is 0 Å². The minimum absolute atomic E-state index is 0.0791. The lowest BCUT2D eigenvalue weighted by atomic mass is 10.2. The van der Waals surface area contributed by atoms with Crippen molar-refractivity contribution >= 4 is 38.4 Å². The highest BCUT2D eigenvalue weighted by Gasteiger charge is 2.12. The first-order valence-electron chi connectivity index (χ1n) is 5.72. The molecule has 3 aromatic rings. The zero-order valence-electron chi connectivity index (χ0n) is 10.0. The molecule has 20 heavy (non-hydrogen) atoms. The lowest BCUT2D eigenvalue weighted by Crippen LogP contribution is -1.96. The summed E-state index contributed by atoms with van der Waals surface area (Å²) in [4.78, 5) is 13.0. The SMILES string of the molecule is OOc1nc(-c2ccc(Br)cc2)nc2c(Cl)cccc12. The summed E-state index contributed by atoms with van der Waals surface area (Å²) in [5.74, 6) is 0.512. The van der Waals surface area contributed by atoms with Crippen LogP contribution in [0.3, 0.4) is 0 Å². The second kappa shape index (κ2) is 5.36. The van der Waals surface area contributed by atoms with Crippen LogP contribution in [0.15, 0.2) is 46.9 Å². The fraction of sp³-hybridized carbons (Fsp3) is 0. The first kappa shape index (κ1) is 13.3. The van der Waals surface area contributed by atoms with Crippen LogP contribution in [0.5, 0.6) is 5.88 Å². The van der Waals surface area contributed by atoms with E-state index in [1.165, 1.54) is 0 Å². The number of halogens is 2. The van der Waals surface area contributed by atoms with Gasteiger partial charge in [0.25, 0.3) is 5.88 Å². The second-order valence-corrected chi connectivity index (χ2v) is 5.41. The van der Waals surface area contributed by atoms with E-state index in [1.807, 2.05) is 24.3 Å². The smallest absolute Gasteiger partial charge is 0.267 e. The van der Waals surface area contributed by atoms with Crippen LogP contribution < -0.4 is 4.89 Å². The van der Waals surface area contributed by atoms with E-state index in [9.17, 15) is 0 Å². The van der Waals surface area contributed by atoms with E-state index in [0.29, 0.717) is 21.7 Å². The van der Waals surface area contributed by atoms with E-state index in [0.717, 1.165) is 10.0 Å². The molecule has 1 heterocycles. The van der Waals surface area contributed by atoms with Gasteiger partial charge in [0.15, 0.2) is 5.82 Å². The maximum atomic E-state index is 9.00. The van der Waals surface area contributed by atoms with Crippen LogP contribution in [0.4, 0.5) is 0 Å². The fourth-order valence-electron chi connectivity index (χ4n) is 1.89. The molecule has 0 aliphatic carbocycles. The lowest BCUT2D eigenvalue weighted by Gasteiger charge is -2.07. The Hall–Kier alpha value is -1.69. The van der Waals surface area contributed by atoms with Gasteiger partial charge < -0.3 is 4.89 Å². The molecule has 1 aromatic heterocycles. The summed E-state index contributed by atoms with van der Waals surface area (Å²) in [6, 6.07) is 12.7. The Labute approximate surface area is 128 Å². The minimum Gasteiger partial charge on any atom is -0.319 e. The van der Waals surface area contributed by atoms with E-state index >= 15 is 0 Å². The quantitative estimate of drug-likeness (QED) is 0.543. The largest absolute Gasteiger partial charge is 0.319 e. The van der Waals surface area contributed by atoms with Crippen LogP contribution in [0.1, 0.15) is 0 Å². The Bertz CT molecular complexity index is 778. The summed E-state index contributed by atoms with van der Waals surface area (Å²) in [6.45, 7) is 0. The fourth-order valence-corrected chi connectivity index (χ4v) is 2.37. The molecular formula is C14H8BrClN2O2. The summed E-state index contributed by atoms with van der Waals surface area (Å²) in [5.41, 5.74) is 1.33. The van der Waals surface area contributed by atoms with Crippen LogP contribution in [0.2, 0.25) is 5.02 Å². The zero-order chi connectivity index (χ0) is 14.1. The maximum absolute atomic E-state index is 9.00. The predicted octanol–water partition coefficient (Wildman–Crippen LogP) is 4.56. The van der Waals surface area contributed by atoms with Gasteiger partial charge >= 0.3 is 0 Å². The van der Waals surface area contributed by atoms with Gasteiger partial charge in [-0.05, 0) is 24.3 Å². The molecule has 1 N–H and O–H groups in total. The van der Waals surface area contributed by atoms with Crippen LogP contribution in [-0.4, -0.2) is 15.2 Å². The van der Waals surface area contributed by atoms with Crippen LogP contribution in [0, 0.1) is 0 Å². The van der Waals surface area contributed by atoms with E-state index in [-0.39, 0.29) is 5.88 Å². The summed E-state index contributed by atoms with van der Waals surface area (Å²) in [6.07, 6.45) is 0. The highest BCUT2D eigenvalue weighted by molar-refractivity contribution is 9.10. The molecule has 0 atom stereocenters. The van der Waals surface area contributed by atoms with Gasteiger partial charge in [-0.1, -0.05) is 45.7 Å². The van der Waals surface area contributed by atoms with Crippen LogP contribution >= 0.6 is 27.5 Å². The van der Waals surface area contributed by atoms with Crippen molar-refractivity contribution < 1.29 is 10.1 Å². The molecule has 0 radical (unpaired) electrons. The molecule has 0 saturated carbocycles. The van der Waals surface area contributed by atoms with Gasteiger partial charge in [-0.3, -0.25) is 0 Å². The van der Waals surface area contributed by atoms with Crippen LogP contribution in [-0.2, 0) is 0 Å². The molecule has 0 bridgehead atoms. The summed E-state index contributed by atoms with van der Waals surface area (Å²) in [5, 5.41) is 10.0. The maximum Gasteiger partial charge on any atom is 0.267 e. The van der Waals surface area contributed by atoms with Crippen molar-refractivity contribution in [3.8, 4) is 17.3 Å². The van der Waals surface area contributed by atoms with Crippen molar-refractivity contribution in [1.82, 2.24) is 9.97 Å². The Morgan fingerprint density at radius 3 is 2.50 bits per heavy atom. The van der Waals surface area contributed by atoms with Gasteiger partial charge in [-0.2, -0.15) is 4.98 Å². The Morgan fingerprint density at radius 1 is 1.05 bits per heavy atom. The molecule has 100 valence electrons. The average molecular weight is 352 g/mol. The molecule has 0 aliphatic heterocycles. The third-order valence-corrected chi connectivity index (χ3v) is 3.66. The monoisotopic (exact) mass is 350 g/mol. The third kappa shape index (κ3) is 2.35. The summed E-state index contributed by atoms with van der Waals surface area (Å²) in [7, 11) is 0. The number of fused-ring (bicyclic) bond motifs is 1. The van der Waals surface area contributed by atoms with Gasteiger partial charge in [-0.25, -0.2) is 10.2 Å². The molecule has 0 fully saturated rings. The van der Waals surface area contributed by atoms with Crippen molar-refractivity contribution in [3.63, 3.8) is 0 Å². The average Bonchev–Trinajstić information content (AvgIpc) is 2.47. The first-order valence-corrected chi connectivity index (χ1v) is 6.90. The normalized spacial score (nSPS) is 10.8. The van der Waals surface area contributed by atoms with E-state index < -0.39 is 0 Å². The zero-order valence-corrected chi connectivity index (χ0v) is 12.4. The number of para-hydroxylation sites is 1. The topological polar surface area (TPSA) is 55.2 Å². The van der Waals surface area contributed by atoms with Gasteiger partial charge in [0.05, 0.1) is 15.9 Å². The first-order chi connectivity index (χ1) is 9.69. The third-order valence-electron chi connectivity index (χ3n) is 2.83. The standard InChI is InChI=1S/C14H8BrClN2O2/c15-9-6-4-8(5-7-9)13-17-12-10(14(18-13)20-19)2-1-3-11(12)16/h1-7,19H. The Morgan fingerprint density at radius 2 is 1.80 bits per heavy atom. The van der Waals surface area contributed by atoms with E-state index in [1.54, 1.807) is 18.2 Å². The number of rotatable bonds is 2. The molecule has 0 aliphatic rings. The minimum atomic E-state index is 0.0791. The van der Waals surface area contributed by atoms with Gasteiger partial charge in [0, 0.05) is 10.0 Å². The number of hydrogen-bond acceptors (Lipinski definition) is 4. The van der Waals surface area contributed by atoms with Crippen molar-refractivity contribution in [2.75, 3.05) is 0 Å². The molecule has 4 nitrogen and oxygen atoms in total. The Balaban J connectivity index is 2.27. The number of benzene rings is 2. The number of hydrogen-bond donors (Lipinski definition) is 1. The van der Waals surface area contributed by atoms with Crippen molar-refractivity contribution in [1.29, 1.82) is 0 Å². The molecular weight excluding hydrogens is 344 g/mol. The molecule has 2 aromatic carbocycles. The van der Waals surface area contributed by atoms with Crippen LogP contribution in [0.25, 0.3) is 22.3 Å². The van der Waals surface area contributed by atoms with Crippen molar-refractivity contribution in [2.24, 2.45) is 0 Å². The highest BCUT2D eigenvalue weighted by Crippen LogP contribution is 2.30. The Kier molecular flexibility index (Phi) is 3.56. The van der Waals surface area contributed by atoms with Crippen molar-refractivity contribution in [2.45, 2.75) is 0 Å². The summed E-state index contributed by atoms with van der Waals surface area (Å²) >= 11 is 9.51. The molecule has 0 saturated heterocycles. The van der Waals surface area contributed by atoms with E-state index in [2.05, 4.69) is 30.8 Å². The highest BCUT2D eigenvalue weighted by atomic mass is 79.9. The molecule has 0 spiro atoms. The second-order valence-electron chi connectivity index (χ2n) is 4.09. The molecule has 3 rings (SSSR count). The molecule has 0 amide bonds. The van der Waals surface area contributed by atoms with Crippen molar-refractivity contribution in [3.05, 3.63) is 52.0 Å². The predicted molar refractivity (Wildman–Crippen MR) is 80.9 cm³/mol. The molecule has 0 unspecified atom stereocenters. The van der Waals surface area contributed by atoms with Gasteiger partial charge in [0.1, 0.15) is 0 Å². The summed E-state index contributed by atoms with van der Waals surface area (Å²) < 4.78 is 0.957. The lowest BCUT2D eigenvalue weighted by molar-refractivity contribution is -0.140.